The standard InChI is InChI=1S/C12H13NO2/c1-2-8-7-13-12(15)10-6-4-3-5-9(10)11(8)14/h3-6,8H,2,7H2,1H3,(H,13,15). The maximum absolute atomic E-state index is 12.0. The molecule has 0 aliphatic carbocycles. The van der Waals surface area contributed by atoms with Crippen LogP contribution in [0.25, 0.3) is 0 Å². The van der Waals surface area contributed by atoms with E-state index in [-0.39, 0.29) is 17.6 Å². The van der Waals surface area contributed by atoms with Crippen LogP contribution in [0.3, 0.4) is 0 Å². The fourth-order valence-corrected chi connectivity index (χ4v) is 1.85. The Hall–Kier alpha value is -1.64. The highest BCUT2D eigenvalue weighted by atomic mass is 16.2. The first-order valence-corrected chi connectivity index (χ1v) is 5.15. The van der Waals surface area contributed by atoms with Crippen LogP contribution in [-0.4, -0.2) is 18.2 Å². The Kier molecular flexibility index (Phi) is 2.54. The van der Waals surface area contributed by atoms with Crippen molar-refractivity contribution in [3.63, 3.8) is 0 Å². The highest BCUT2D eigenvalue weighted by molar-refractivity contribution is 6.10. The molecule has 2 rings (SSSR count). The summed E-state index contributed by atoms with van der Waals surface area (Å²) in [6, 6.07) is 6.99. The third kappa shape index (κ3) is 1.65. The molecule has 0 saturated carbocycles. The molecule has 0 fully saturated rings. The summed E-state index contributed by atoms with van der Waals surface area (Å²) in [5.41, 5.74) is 1.05. The van der Waals surface area contributed by atoms with Crippen molar-refractivity contribution >= 4 is 11.7 Å². The topological polar surface area (TPSA) is 46.2 Å². The van der Waals surface area contributed by atoms with Crippen molar-refractivity contribution in [1.82, 2.24) is 5.32 Å². The minimum Gasteiger partial charge on any atom is -0.351 e. The summed E-state index contributed by atoms with van der Waals surface area (Å²) in [6.45, 7) is 2.41. The lowest BCUT2D eigenvalue weighted by atomic mass is 9.94. The molecule has 1 aliphatic rings. The molecule has 1 unspecified atom stereocenters. The smallest absolute Gasteiger partial charge is 0.252 e. The Labute approximate surface area is 88.5 Å². The van der Waals surface area contributed by atoms with Gasteiger partial charge in [-0.2, -0.15) is 0 Å². The highest BCUT2D eigenvalue weighted by Crippen LogP contribution is 2.19. The maximum Gasteiger partial charge on any atom is 0.252 e. The van der Waals surface area contributed by atoms with E-state index in [0.29, 0.717) is 17.7 Å². The first-order valence-electron chi connectivity index (χ1n) is 5.15. The largest absolute Gasteiger partial charge is 0.351 e. The molecule has 1 aliphatic heterocycles. The number of hydrogen-bond acceptors (Lipinski definition) is 2. The Bertz CT molecular complexity index is 412. The summed E-state index contributed by atoms with van der Waals surface area (Å²) in [5, 5.41) is 2.77. The van der Waals surface area contributed by atoms with Gasteiger partial charge in [-0.05, 0) is 12.5 Å². The van der Waals surface area contributed by atoms with E-state index < -0.39 is 0 Å². The molecule has 1 atom stereocenters. The number of ketones is 1. The van der Waals surface area contributed by atoms with Crippen molar-refractivity contribution in [3.05, 3.63) is 35.4 Å². The summed E-state index contributed by atoms with van der Waals surface area (Å²) in [5.74, 6) is -0.154. The number of amides is 1. The summed E-state index contributed by atoms with van der Waals surface area (Å²) in [4.78, 5) is 23.7. The Balaban J connectivity index is 2.51. The van der Waals surface area contributed by atoms with Crippen LogP contribution in [-0.2, 0) is 0 Å². The van der Waals surface area contributed by atoms with E-state index in [0.717, 1.165) is 6.42 Å². The number of hydrogen-bond donors (Lipinski definition) is 1. The lowest BCUT2D eigenvalue weighted by molar-refractivity contribution is 0.0915. The van der Waals surface area contributed by atoms with Gasteiger partial charge in [-0.1, -0.05) is 25.1 Å². The van der Waals surface area contributed by atoms with Crippen LogP contribution in [0.5, 0.6) is 0 Å². The maximum atomic E-state index is 12.0. The molecule has 15 heavy (non-hydrogen) atoms. The molecule has 0 spiro atoms. The minimum absolute atomic E-state index is 0.0754. The predicted octanol–water partition coefficient (Wildman–Crippen LogP) is 1.64. The van der Waals surface area contributed by atoms with E-state index >= 15 is 0 Å². The van der Waals surface area contributed by atoms with Gasteiger partial charge in [-0.15, -0.1) is 0 Å². The second kappa shape index (κ2) is 3.85. The summed E-state index contributed by atoms with van der Waals surface area (Å²) in [6.07, 6.45) is 0.757. The number of carbonyl (C=O) groups excluding carboxylic acids is 2. The first-order chi connectivity index (χ1) is 7.24. The van der Waals surface area contributed by atoms with Gasteiger partial charge < -0.3 is 5.32 Å². The third-order valence-corrected chi connectivity index (χ3v) is 2.81. The molecule has 1 aromatic rings. The molecule has 0 saturated heterocycles. The van der Waals surface area contributed by atoms with Crippen molar-refractivity contribution < 1.29 is 9.59 Å². The molecular weight excluding hydrogens is 190 g/mol. The molecule has 3 heteroatoms. The fourth-order valence-electron chi connectivity index (χ4n) is 1.85. The zero-order valence-corrected chi connectivity index (χ0v) is 8.62. The molecule has 3 nitrogen and oxygen atoms in total. The van der Waals surface area contributed by atoms with Crippen LogP contribution in [0.1, 0.15) is 34.1 Å². The zero-order chi connectivity index (χ0) is 10.8. The predicted molar refractivity (Wildman–Crippen MR) is 56.9 cm³/mol. The summed E-state index contributed by atoms with van der Waals surface area (Å²) in [7, 11) is 0. The number of rotatable bonds is 1. The van der Waals surface area contributed by atoms with Gasteiger partial charge in [0.15, 0.2) is 5.78 Å². The van der Waals surface area contributed by atoms with Gasteiger partial charge in [0.2, 0.25) is 0 Å². The lowest BCUT2D eigenvalue weighted by Crippen LogP contribution is -2.28. The minimum atomic E-state index is -0.144. The second-order valence-corrected chi connectivity index (χ2v) is 3.73. The average Bonchev–Trinajstić information content (AvgIpc) is 2.39. The van der Waals surface area contributed by atoms with Gasteiger partial charge >= 0.3 is 0 Å². The number of carbonyl (C=O) groups is 2. The summed E-state index contributed by atoms with van der Waals surface area (Å²) >= 11 is 0. The average molecular weight is 203 g/mol. The van der Waals surface area contributed by atoms with Crippen molar-refractivity contribution in [2.75, 3.05) is 6.54 Å². The molecule has 0 aromatic heterocycles. The normalized spacial score (nSPS) is 20.5. The molecule has 1 aromatic carbocycles. The van der Waals surface area contributed by atoms with Gasteiger partial charge in [0, 0.05) is 18.0 Å². The molecule has 1 N–H and O–H groups in total. The van der Waals surface area contributed by atoms with Crippen molar-refractivity contribution in [1.29, 1.82) is 0 Å². The highest BCUT2D eigenvalue weighted by Gasteiger charge is 2.27. The SMILES string of the molecule is CCC1CNC(=O)c2ccccc2C1=O. The molecule has 78 valence electrons. The van der Waals surface area contributed by atoms with E-state index in [4.69, 9.17) is 0 Å². The third-order valence-electron chi connectivity index (χ3n) is 2.81. The van der Waals surface area contributed by atoms with E-state index in [9.17, 15) is 9.59 Å². The number of nitrogens with one attached hydrogen (secondary N) is 1. The monoisotopic (exact) mass is 203 g/mol. The van der Waals surface area contributed by atoms with Gasteiger partial charge in [0.1, 0.15) is 0 Å². The van der Waals surface area contributed by atoms with Crippen LogP contribution >= 0.6 is 0 Å². The van der Waals surface area contributed by atoms with Crippen LogP contribution in [0, 0.1) is 5.92 Å². The van der Waals surface area contributed by atoms with Crippen LogP contribution in [0.4, 0.5) is 0 Å². The van der Waals surface area contributed by atoms with E-state index in [1.807, 2.05) is 6.92 Å². The zero-order valence-electron chi connectivity index (χ0n) is 8.62. The van der Waals surface area contributed by atoms with Crippen molar-refractivity contribution in [2.24, 2.45) is 5.92 Å². The van der Waals surface area contributed by atoms with Crippen LogP contribution < -0.4 is 5.32 Å². The second-order valence-electron chi connectivity index (χ2n) is 3.73. The van der Waals surface area contributed by atoms with Gasteiger partial charge in [-0.25, -0.2) is 0 Å². The van der Waals surface area contributed by atoms with Crippen molar-refractivity contribution in [2.45, 2.75) is 13.3 Å². The van der Waals surface area contributed by atoms with Crippen molar-refractivity contribution in [3.8, 4) is 0 Å². The van der Waals surface area contributed by atoms with Gasteiger partial charge in [-0.3, -0.25) is 9.59 Å². The molecule has 1 amide bonds. The van der Waals surface area contributed by atoms with Crippen LogP contribution in [0.15, 0.2) is 24.3 Å². The van der Waals surface area contributed by atoms with E-state index in [1.54, 1.807) is 24.3 Å². The number of benzene rings is 1. The van der Waals surface area contributed by atoms with Crippen LogP contribution in [0.2, 0.25) is 0 Å². The van der Waals surface area contributed by atoms with Gasteiger partial charge in [0.25, 0.3) is 5.91 Å². The fraction of sp³-hybridized carbons (Fsp3) is 0.333. The Morgan fingerprint density at radius 2 is 1.93 bits per heavy atom. The van der Waals surface area contributed by atoms with E-state index in [2.05, 4.69) is 5.32 Å². The number of fused-ring (bicyclic) bond motifs is 1. The van der Waals surface area contributed by atoms with E-state index in [1.165, 1.54) is 0 Å². The molecular formula is C12H13NO2. The molecule has 0 bridgehead atoms. The summed E-state index contributed by atoms with van der Waals surface area (Å²) < 4.78 is 0. The Morgan fingerprint density at radius 1 is 1.27 bits per heavy atom. The quantitative estimate of drug-likeness (QED) is 0.754. The van der Waals surface area contributed by atoms with Gasteiger partial charge in [0.05, 0.1) is 5.56 Å². The lowest BCUT2D eigenvalue weighted by Gasteiger charge is -2.09. The number of Topliss-reactive ketones (excluding diaryl/α,β-unsaturated/α-hetero) is 1. The molecule has 0 radical (unpaired) electrons. The first kappa shape index (κ1) is 9.90. The molecule has 1 heterocycles. The Morgan fingerprint density at radius 3 is 2.60 bits per heavy atom.